The van der Waals surface area contributed by atoms with E-state index in [0.717, 1.165) is 36.3 Å². The van der Waals surface area contributed by atoms with E-state index in [9.17, 15) is 9.59 Å². The van der Waals surface area contributed by atoms with Crippen LogP contribution in [0.1, 0.15) is 49.7 Å². The molecule has 3 heterocycles. The number of amides is 3. The molecule has 0 saturated heterocycles. The van der Waals surface area contributed by atoms with Gasteiger partial charge in [0.05, 0.1) is 23.3 Å². The zero-order chi connectivity index (χ0) is 25.8. The number of aryl methyl sites for hydroxylation is 1. The van der Waals surface area contributed by atoms with E-state index >= 15 is 0 Å². The predicted molar refractivity (Wildman–Crippen MR) is 145 cm³/mol. The molecule has 1 N–H and O–H groups in total. The summed E-state index contributed by atoms with van der Waals surface area (Å²) in [7, 11) is 0. The van der Waals surface area contributed by atoms with Crippen molar-refractivity contribution in [3.05, 3.63) is 102 Å². The minimum atomic E-state index is -0.440. The maximum absolute atomic E-state index is 14.1. The van der Waals surface area contributed by atoms with E-state index in [1.165, 1.54) is 5.56 Å². The molecule has 0 radical (unpaired) electrons. The number of hydrogen-bond donors (Lipinski definition) is 1. The topological polar surface area (TPSA) is 70.7 Å². The van der Waals surface area contributed by atoms with Crippen molar-refractivity contribution >= 4 is 23.3 Å². The van der Waals surface area contributed by atoms with Crippen LogP contribution in [-0.4, -0.2) is 34.5 Å². The molecule has 7 heteroatoms. The van der Waals surface area contributed by atoms with Gasteiger partial charge in [0.2, 0.25) is 5.91 Å². The van der Waals surface area contributed by atoms with E-state index in [0.29, 0.717) is 18.0 Å². The third kappa shape index (κ3) is 4.89. The Morgan fingerprint density at radius 3 is 2.43 bits per heavy atom. The lowest BCUT2D eigenvalue weighted by Gasteiger charge is -2.38. The Morgan fingerprint density at radius 1 is 0.946 bits per heavy atom. The van der Waals surface area contributed by atoms with Gasteiger partial charge in [-0.1, -0.05) is 44.5 Å². The van der Waals surface area contributed by atoms with Gasteiger partial charge in [-0.25, -0.2) is 4.79 Å². The van der Waals surface area contributed by atoms with E-state index in [2.05, 4.69) is 23.7 Å². The number of urea groups is 1. The first-order chi connectivity index (χ1) is 18.1. The maximum Gasteiger partial charge on any atom is 0.322 e. The number of rotatable bonds is 8. The van der Waals surface area contributed by atoms with E-state index in [1.807, 2.05) is 79.0 Å². The average molecular weight is 497 g/mol. The second-order valence-corrected chi connectivity index (χ2v) is 9.23. The number of carbonyl (C=O) groups is 2. The zero-order valence-electron chi connectivity index (χ0n) is 21.3. The van der Waals surface area contributed by atoms with Gasteiger partial charge < -0.3 is 19.2 Å². The number of fused-ring (bicyclic) bond motifs is 3. The molecule has 37 heavy (non-hydrogen) atoms. The summed E-state index contributed by atoms with van der Waals surface area (Å²) in [5.74, 6) is 0.497. The Hall–Kier alpha value is -4.26. The van der Waals surface area contributed by atoms with Crippen LogP contribution in [0.3, 0.4) is 0 Å². The molecule has 0 bridgehead atoms. The molecular weight excluding hydrogens is 464 g/mol. The lowest BCUT2D eigenvalue weighted by Crippen LogP contribution is -2.47. The van der Waals surface area contributed by atoms with Crippen LogP contribution in [0.15, 0.2) is 89.7 Å². The number of anilines is 2. The Bertz CT molecular complexity index is 1360. The lowest BCUT2D eigenvalue weighted by atomic mass is 10.0. The quantitative estimate of drug-likeness (QED) is 0.307. The smallest absolute Gasteiger partial charge is 0.322 e. The average Bonchev–Trinajstić information content (AvgIpc) is 3.63. The molecular formula is C30H32N4O3. The lowest BCUT2D eigenvalue weighted by molar-refractivity contribution is -0.119. The SMILES string of the molecule is CCCCN(CC(=O)N1c2ccccc2-n2cccc2C1c1ccco1)C(=O)Nc1ccc(CC)cc1. The van der Waals surface area contributed by atoms with Crippen molar-refractivity contribution in [2.24, 2.45) is 0 Å². The summed E-state index contributed by atoms with van der Waals surface area (Å²) in [5.41, 5.74) is 4.55. The van der Waals surface area contributed by atoms with E-state index < -0.39 is 6.04 Å². The summed E-state index contributed by atoms with van der Waals surface area (Å²) in [6.07, 6.45) is 6.27. The van der Waals surface area contributed by atoms with Gasteiger partial charge in [0.25, 0.3) is 0 Å². The molecule has 4 aromatic rings. The molecule has 2 aromatic heterocycles. The number of carbonyl (C=O) groups excluding carboxylic acids is 2. The van der Waals surface area contributed by atoms with Gasteiger partial charge in [-0.15, -0.1) is 0 Å². The van der Waals surface area contributed by atoms with Crippen LogP contribution in [0.5, 0.6) is 0 Å². The van der Waals surface area contributed by atoms with Crippen molar-refractivity contribution in [1.29, 1.82) is 0 Å². The molecule has 0 aliphatic carbocycles. The van der Waals surface area contributed by atoms with Gasteiger partial charge >= 0.3 is 6.03 Å². The fourth-order valence-electron chi connectivity index (χ4n) is 4.84. The van der Waals surface area contributed by atoms with E-state index in [4.69, 9.17) is 4.42 Å². The Balaban J connectivity index is 1.45. The molecule has 1 aliphatic rings. The van der Waals surface area contributed by atoms with Crippen molar-refractivity contribution in [3.8, 4) is 5.69 Å². The summed E-state index contributed by atoms with van der Waals surface area (Å²) in [4.78, 5) is 30.8. The number of aromatic nitrogens is 1. The minimum Gasteiger partial charge on any atom is -0.467 e. The second kappa shape index (κ2) is 10.8. The molecule has 1 atom stereocenters. The summed E-state index contributed by atoms with van der Waals surface area (Å²) >= 11 is 0. The first-order valence-electron chi connectivity index (χ1n) is 12.9. The molecule has 0 saturated carbocycles. The normalized spacial score (nSPS) is 14.1. The van der Waals surface area contributed by atoms with Crippen LogP contribution >= 0.6 is 0 Å². The van der Waals surface area contributed by atoms with Gasteiger partial charge in [0.1, 0.15) is 18.3 Å². The minimum absolute atomic E-state index is 0.0505. The predicted octanol–water partition coefficient (Wildman–Crippen LogP) is 6.40. The second-order valence-electron chi connectivity index (χ2n) is 9.23. The first-order valence-corrected chi connectivity index (χ1v) is 12.9. The summed E-state index contributed by atoms with van der Waals surface area (Å²) in [6.45, 7) is 4.60. The molecule has 190 valence electrons. The first kappa shape index (κ1) is 24.4. The van der Waals surface area contributed by atoms with Crippen LogP contribution < -0.4 is 10.2 Å². The van der Waals surface area contributed by atoms with Gasteiger partial charge in [0, 0.05) is 18.4 Å². The highest BCUT2D eigenvalue weighted by atomic mass is 16.3. The van der Waals surface area contributed by atoms with Crippen LogP contribution in [0.2, 0.25) is 0 Å². The number of para-hydroxylation sites is 2. The summed E-state index contributed by atoms with van der Waals surface area (Å²) in [6, 6.07) is 22.6. The van der Waals surface area contributed by atoms with Crippen molar-refractivity contribution in [2.75, 3.05) is 23.3 Å². The largest absolute Gasteiger partial charge is 0.467 e. The van der Waals surface area contributed by atoms with Crippen LogP contribution in [0, 0.1) is 0 Å². The zero-order valence-corrected chi connectivity index (χ0v) is 21.3. The number of unbranched alkanes of at least 4 members (excludes halogenated alkanes) is 1. The molecule has 5 rings (SSSR count). The van der Waals surface area contributed by atoms with Gasteiger partial charge in [-0.3, -0.25) is 9.69 Å². The van der Waals surface area contributed by atoms with Gasteiger partial charge in [-0.05, 0) is 66.9 Å². The van der Waals surface area contributed by atoms with Crippen LogP contribution in [-0.2, 0) is 11.2 Å². The number of hydrogen-bond acceptors (Lipinski definition) is 3. The molecule has 1 unspecified atom stereocenters. The number of nitrogens with zero attached hydrogens (tertiary/aromatic N) is 3. The van der Waals surface area contributed by atoms with E-state index in [1.54, 1.807) is 16.1 Å². The Labute approximate surface area is 217 Å². The maximum atomic E-state index is 14.1. The van der Waals surface area contributed by atoms with Gasteiger partial charge in [-0.2, -0.15) is 0 Å². The summed E-state index contributed by atoms with van der Waals surface area (Å²) < 4.78 is 7.90. The van der Waals surface area contributed by atoms with Crippen molar-refractivity contribution in [2.45, 2.75) is 39.2 Å². The van der Waals surface area contributed by atoms with Crippen molar-refractivity contribution in [1.82, 2.24) is 9.47 Å². The van der Waals surface area contributed by atoms with Crippen LogP contribution in [0.25, 0.3) is 5.69 Å². The fraction of sp³-hybridized carbons (Fsp3) is 0.267. The number of benzene rings is 2. The summed E-state index contributed by atoms with van der Waals surface area (Å²) in [5, 5.41) is 2.97. The molecule has 2 aromatic carbocycles. The third-order valence-corrected chi connectivity index (χ3v) is 6.81. The highest BCUT2D eigenvalue weighted by Crippen LogP contribution is 2.42. The monoisotopic (exact) mass is 496 g/mol. The molecule has 0 spiro atoms. The molecule has 7 nitrogen and oxygen atoms in total. The third-order valence-electron chi connectivity index (χ3n) is 6.81. The van der Waals surface area contributed by atoms with E-state index in [-0.39, 0.29) is 18.5 Å². The van der Waals surface area contributed by atoms with Crippen molar-refractivity contribution in [3.63, 3.8) is 0 Å². The fourth-order valence-corrected chi connectivity index (χ4v) is 4.84. The highest BCUT2D eigenvalue weighted by molar-refractivity contribution is 6.01. The highest BCUT2D eigenvalue weighted by Gasteiger charge is 2.38. The molecule has 1 aliphatic heterocycles. The van der Waals surface area contributed by atoms with Crippen LogP contribution in [0.4, 0.5) is 16.2 Å². The standard InChI is InChI=1S/C30H32N4O3/c1-3-5-18-32(30(36)31-23-16-14-22(4-2)15-17-23)21-28(35)34-25-11-7-6-10-24(25)33-19-8-12-26(33)29(34)27-13-9-20-37-27/h6-17,19-20,29H,3-5,18,21H2,1-2H3,(H,31,36). The Morgan fingerprint density at radius 2 is 1.73 bits per heavy atom. The molecule has 0 fully saturated rings. The number of furan rings is 1. The number of nitrogens with one attached hydrogen (secondary N) is 1. The Kier molecular flexibility index (Phi) is 7.12. The van der Waals surface area contributed by atoms with Crippen molar-refractivity contribution < 1.29 is 14.0 Å². The molecule has 3 amide bonds. The van der Waals surface area contributed by atoms with Gasteiger partial charge in [0.15, 0.2) is 0 Å².